The summed E-state index contributed by atoms with van der Waals surface area (Å²) in [6, 6.07) is 7.85. The molecule has 0 aromatic heterocycles. The normalized spacial score (nSPS) is 17.3. The fourth-order valence-corrected chi connectivity index (χ4v) is 2.65. The molecule has 1 saturated carbocycles. The van der Waals surface area contributed by atoms with Gasteiger partial charge in [0.25, 0.3) is 0 Å². The first-order chi connectivity index (χ1) is 9.25. The highest BCUT2D eigenvalue weighted by molar-refractivity contribution is 6.32. The number of hydrogen-bond acceptors (Lipinski definition) is 1. The van der Waals surface area contributed by atoms with Gasteiger partial charge >= 0.3 is 0 Å². The molecule has 2 rings (SSSR count). The maximum atomic E-state index is 11.9. The Kier molecular flexibility index (Phi) is 5.46. The van der Waals surface area contributed by atoms with Crippen molar-refractivity contribution in [2.24, 2.45) is 0 Å². The van der Waals surface area contributed by atoms with Gasteiger partial charge in [-0.3, -0.25) is 4.79 Å². The van der Waals surface area contributed by atoms with Gasteiger partial charge < -0.3 is 5.32 Å². The molecule has 19 heavy (non-hydrogen) atoms. The Bertz CT molecular complexity index is 448. The molecule has 1 aromatic carbocycles. The van der Waals surface area contributed by atoms with Crippen LogP contribution in [0.2, 0.25) is 5.02 Å². The van der Waals surface area contributed by atoms with E-state index >= 15 is 0 Å². The van der Waals surface area contributed by atoms with E-state index < -0.39 is 0 Å². The molecule has 2 nitrogen and oxygen atoms in total. The number of hydrogen-bond donors (Lipinski definition) is 1. The number of carbonyl (C=O) groups is 1. The highest BCUT2D eigenvalue weighted by atomic mass is 35.5. The molecule has 1 amide bonds. The van der Waals surface area contributed by atoms with Gasteiger partial charge in [-0.25, -0.2) is 0 Å². The van der Waals surface area contributed by atoms with Crippen LogP contribution in [0.3, 0.4) is 0 Å². The average Bonchev–Trinajstić information content (AvgIpc) is 2.66. The molecule has 1 aliphatic rings. The Hall–Kier alpha value is -1.28. The van der Waals surface area contributed by atoms with Crippen LogP contribution in [0.5, 0.6) is 0 Å². The Labute approximate surface area is 119 Å². The number of benzene rings is 1. The fraction of sp³-hybridized carbons (Fsp3) is 0.438. The van der Waals surface area contributed by atoms with Gasteiger partial charge in [0.1, 0.15) is 0 Å². The Morgan fingerprint density at radius 2 is 1.84 bits per heavy atom. The van der Waals surface area contributed by atoms with E-state index in [1.54, 1.807) is 12.2 Å². The van der Waals surface area contributed by atoms with Crippen LogP contribution in [0, 0.1) is 0 Å². The molecule has 0 bridgehead atoms. The van der Waals surface area contributed by atoms with Crippen LogP contribution in [-0.2, 0) is 4.79 Å². The van der Waals surface area contributed by atoms with Crippen LogP contribution >= 0.6 is 11.6 Å². The van der Waals surface area contributed by atoms with Gasteiger partial charge in [0, 0.05) is 17.1 Å². The molecule has 1 aliphatic carbocycles. The van der Waals surface area contributed by atoms with E-state index in [-0.39, 0.29) is 5.91 Å². The summed E-state index contributed by atoms with van der Waals surface area (Å²) in [5.41, 5.74) is 0.875. The second-order valence-corrected chi connectivity index (χ2v) is 5.46. The predicted octanol–water partition coefficient (Wildman–Crippen LogP) is 4.19. The number of rotatable bonds is 3. The van der Waals surface area contributed by atoms with Crippen molar-refractivity contribution in [3.63, 3.8) is 0 Å². The summed E-state index contributed by atoms with van der Waals surface area (Å²) in [6.07, 6.45) is 10.6. The van der Waals surface area contributed by atoms with Gasteiger partial charge in [-0.15, -0.1) is 0 Å². The lowest BCUT2D eigenvalue weighted by atomic mass is 10.1. The van der Waals surface area contributed by atoms with E-state index in [1.807, 2.05) is 24.3 Å². The zero-order valence-corrected chi connectivity index (χ0v) is 11.8. The van der Waals surface area contributed by atoms with Gasteiger partial charge in [0.2, 0.25) is 5.91 Å². The average molecular weight is 278 g/mol. The summed E-state index contributed by atoms with van der Waals surface area (Å²) in [5, 5.41) is 3.75. The molecule has 1 aromatic rings. The summed E-state index contributed by atoms with van der Waals surface area (Å²) in [7, 11) is 0. The van der Waals surface area contributed by atoms with E-state index in [0.717, 1.165) is 18.4 Å². The summed E-state index contributed by atoms with van der Waals surface area (Å²) in [4.78, 5) is 11.9. The zero-order valence-electron chi connectivity index (χ0n) is 11.1. The SMILES string of the molecule is O=C(/C=C/c1ccccc1Cl)NC1CCCCCC1. The number of carbonyl (C=O) groups excluding carboxylic acids is 1. The maximum Gasteiger partial charge on any atom is 0.244 e. The van der Waals surface area contributed by atoms with Crippen molar-refractivity contribution >= 4 is 23.6 Å². The first-order valence-corrected chi connectivity index (χ1v) is 7.36. The van der Waals surface area contributed by atoms with Crippen molar-refractivity contribution in [1.82, 2.24) is 5.32 Å². The minimum atomic E-state index is -0.0215. The molecule has 1 fully saturated rings. The van der Waals surface area contributed by atoms with Crippen LogP contribution in [0.15, 0.2) is 30.3 Å². The highest BCUT2D eigenvalue weighted by Crippen LogP contribution is 2.18. The molecule has 0 heterocycles. The van der Waals surface area contributed by atoms with Crippen LogP contribution < -0.4 is 5.32 Å². The molecule has 102 valence electrons. The minimum absolute atomic E-state index is 0.0215. The van der Waals surface area contributed by atoms with Crippen LogP contribution in [0.1, 0.15) is 44.1 Å². The maximum absolute atomic E-state index is 11.9. The van der Waals surface area contributed by atoms with E-state index in [9.17, 15) is 4.79 Å². The van der Waals surface area contributed by atoms with Crippen LogP contribution in [-0.4, -0.2) is 11.9 Å². The molecule has 0 aliphatic heterocycles. The lowest BCUT2D eigenvalue weighted by Gasteiger charge is -2.14. The topological polar surface area (TPSA) is 29.1 Å². The monoisotopic (exact) mass is 277 g/mol. The second-order valence-electron chi connectivity index (χ2n) is 5.05. The highest BCUT2D eigenvalue weighted by Gasteiger charge is 2.13. The fourth-order valence-electron chi connectivity index (χ4n) is 2.45. The number of halogens is 1. The quantitative estimate of drug-likeness (QED) is 0.651. The molecule has 0 spiro atoms. The third kappa shape index (κ3) is 4.71. The van der Waals surface area contributed by atoms with E-state index in [0.29, 0.717) is 11.1 Å². The van der Waals surface area contributed by atoms with Gasteiger partial charge in [-0.05, 0) is 30.5 Å². The third-order valence-corrected chi connectivity index (χ3v) is 3.87. The lowest BCUT2D eigenvalue weighted by molar-refractivity contribution is -0.117. The Morgan fingerprint density at radius 3 is 2.53 bits per heavy atom. The molecule has 0 unspecified atom stereocenters. The third-order valence-electron chi connectivity index (χ3n) is 3.52. The second kappa shape index (κ2) is 7.34. The summed E-state index contributed by atoms with van der Waals surface area (Å²) >= 11 is 6.04. The van der Waals surface area contributed by atoms with Crippen molar-refractivity contribution in [2.45, 2.75) is 44.6 Å². The van der Waals surface area contributed by atoms with Crippen molar-refractivity contribution in [2.75, 3.05) is 0 Å². The molecular weight excluding hydrogens is 258 g/mol. The van der Waals surface area contributed by atoms with Gasteiger partial charge in [-0.1, -0.05) is 55.5 Å². The summed E-state index contributed by atoms with van der Waals surface area (Å²) in [6.45, 7) is 0. The number of nitrogens with one attached hydrogen (secondary N) is 1. The van der Waals surface area contributed by atoms with Crippen molar-refractivity contribution in [3.8, 4) is 0 Å². The van der Waals surface area contributed by atoms with E-state index in [1.165, 1.54) is 25.7 Å². The summed E-state index contributed by atoms with van der Waals surface area (Å²) < 4.78 is 0. The van der Waals surface area contributed by atoms with Crippen molar-refractivity contribution in [1.29, 1.82) is 0 Å². The molecule has 0 radical (unpaired) electrons. The standard InChI is InChI=1S/C16H20ClNO/c17-15-10-6-5-7-13(15)11-12-16(19)18-14-8-3-1-2-4-9-14/h5-7,10-12,14H,1-4,8-9H2,(H,18,19)/b12-11+. The first-order valence-electron chi connectivity index (χ1n) is 6.99. The minimum Gasteiger partial charge on any atom is -0.350 e. The predicted molar refractivity (Wildman–Crippen MR) is 80.1 cm³/mol. The molecule has 1 N–H and O–H groups in total. The van der Waals surface area contributed by atoms with E-state index in [2.05, 4.69) is 5.32 Å². The first kappa shape index (κ1) is 14.1. The van der Waals surface area contributed by atoms with Crippen molar-refractivity contribution in [3.05, 3.63) is 40.9 Å². The van der Waals surface area contributed by atoms with Gasteiger partial charge in [0.05, 0.1) is 0 Å². The molecule has 0 atom stereocenters. The molecular formula is C16H20ClNO. The van der Waals surface area contributed by atoms with Crippen LogP contribution in [0.25, 0.3) is 6.08 Å². The molecule has 3 heteroatoms. The number of amides is 1. The summed E-state index contributed by atoms with van der Waals surface area (Å²) in [5.74, 6) is -0.0215. The van der Waals surface area contributed by atoms with Gasteiger partial charge in [-0.2, -0.15) is 0 Å². The lowest BCUT2D eigenvalue weighted by Crippen LogP contribution is -2.33. The largest absolute Gasteiger partial charge is 0.350 e. The Morgan fingerprint density at radius 1 is 1.16 bits per heavy atom. The Balaban J connectivity index is 1.88. The van der Waals surface area contributed by atoms with Gasteiger partial charge in [0.15, 0.2) is 0 Å². The van der Waals surface area contributed by atoms with Crippen LogP contribution in [0.4, 0.5) is 0 Å². The smallest absolute Gasteiger partial charge is 0.244 e. The van der Waals surface area contributed by atoms with Crippen molar-refractivity contribution < 1.29 is 4.79 Å². The molecule has 0 saturated heterocycles. The zero-order chi connectivity index (χ0) is 13.5. The van der Waals surface area contributed by atoms with E-state index in [4.69, 9.17) is 11.6 Å².